The third-order valence-electron chi connectivity index (χ3n) is 6.77. The van der Waals surface area contributed by atoms with Crippen molar-refractivity contribution >= 4 is 5.91 Å². The summed E-state index contributed by atoms with van der Waals surface area (Å²) in [4.78, 5) is 27.7. The number of aromatic nitrogens is 2. The highest BCUT2D eigenvalue weighted by Crippen LogP contribution is 2.52. The first-order valence-electron chi connectivity index (χ1n) is 10.5. The van der Waals surface area contributed by atoms with Crippen LogP contribution in [0.1, 0.15) is 61.7 Å². The maximum absolute atomic E-state index is 12.9. The van der Waals surface area contributed by atoms with Gasteiger partial charge in [0.2, 0.25) is 11.8 Å². The van der Waals surface area contributed by atoms with Crippen molar-refractivity contribution in [3.8, 4) is 5.88 Å². The summed E-state index contributed by atoms with van der Waals surface area (Å²) in [5, 5.41) is 10.8. The van der Waals surface area contributed by atoms with E-state index in [0.717, 1.165) is 32.1 Å². The highest BCUT2D eigenvalue weighted by molar-refractivity contribution is 5.79. The molecule has 0 bridgehead atoms. The molecule has 1 amide bonds. The predicted octanol–water partition coefficient (Wildman–Crippen LogP) is 3.01. The van der Waals surface area contributed by atoms with Gasteiger partial charge in [-0.3, -0.25) is 13.9 Å². The molecule has 2 aliphatic carbocycles. The van der Waals surface area contributed by atoms with Gasteiger partial charge in [0.05, 0.1) is 6.54 Å². The average molecular weight is 381 g/mol. The van der Waals surface area contributed by atoms with Crippen LogP contribution in [0, 0.1) is 5.92 Å². The summed E-state index contributed by atoms with van der Waals surface area (Å²) in [6.45, 7) is 1.36. The summed E-state index contributed by atoms with van der Waals surface area (Å²) in [6.07, 6.45) is 6.27. The Bertz CT molecular complexity index is 940. The van der Waals surface area contributed by atoms with E-state index in [9.17, 15) is 14.7 Å². The molecule has 2 aromatic rings. The minimum Gasteiger partial charge on any atom is -0.493 e. The number of hydrogen-bond acceptors (Lipinski definition) is 3. The van der Waals surface area contributed by atoms with Gasteiger partial charge in [-0.2, -0.15) is 0 Å². The van der Waals surface area contributed by atoms with Crippen LogP contribution >= 0.6 is 0 Å². The monoisotopic (exact) mass is 381 g/mol. The second-order valence-electron chi connectivity index (χ2n) is 8.49. The molecule has 6 nitrogen and oxygen atoms in total. The summed E-state index contributed by atoms with van der Waals surface area (Å²) in [6, 6.07) is 10.2. The summed E-state index contributed by atoms with van der Waals surface area (Å²) in [7, 11) is 0. The standard InChI is InChI=1S/C22H27N3O3/c26-20(16-9-5-2-6-10-16)23-11-12-24-19(14-23)21(27)25(22(24)28)18-13-17(18)15-7-3-1-4-8-15/h1,3-4,7-8,16-18,27H,2,5-6,9-14H2/t17-,18+/m1/s1. The molecular formula is C22H27N3O3. The van der Waals surface area contributed by atoms with E-state index in [-0.39, 0.29) is 35.4 Å². The van der Waals surface area contributed by atoms with Crippen molar-refractivity contribution in [2.75, 3.05) is 6.54 Å². The van der Waals surface area contributed by atoms with E-state index in [1.807, 2.05) is 23.1 Å². The molecule has 0 radical (unpaired) electrons. The van der Waals surface area contributed by atoms with E-state index in [4.69, 9.17) is 0 Å². The molecule has 2 saturated carbocycles. The quantitative estimate of drug-likeness (QED) is 0.889. The predicted molar refractivity (Wildman–Crippen MR) is 105 cm³/mol. The van der Waals surface area contributed by atoms with E-state index >= 15 is 0 Å². The Morgan fingerprint density at radius 2 is 1.79 bits per heavy atom. The lowest BCUT2D eigenvalue weighted by Crippen LogP contribution is -2.43. The molecule has 5 rings (SSSR count). The van der Waals surface area contributed by atoms with Crippen molar-refractivity contribution in [3.63, 3.8) is 0 Å². The maximum atomic E-state index is 12.9. The Labute approximate surface area is 164 Å². The zero-order valence-electron chi connectivity index (χ0n) is 16.1. The zero-order valence-corrected chi connectivity index (χ0v) is 16.1. The third-order valence-corrected chi connectivity index (χ3v) is 6.77. The molecule has 0 saturated heterocycles. The SMILES string of the molecule is O=C(C1CCCCC1)N1CCn2c(c(O)n([C@H]3C[C@@H]3c3ccccc3)c2=O)C1. The molecule has 148 valence electrons. The highest BCUT2D eigenvalue weighted by atomic mass is 16.3. The van der Waals surface area contributed by atoms with Crippen LogP contribution < -0.4 is 5.69 Å². The van der Waals surface area contributed by atoms with Crippen molar-refractivity contribution in [2.45, 2.75) is 63.6 Å². The number of hydrogen-bond donors (Lipinski definition) is 1. The van der Waals surface area contributed by atoms with Gasteiger partial charge in [-0.1, -0.05) is 49.6 Å². The number of rotatable bonds is 3. The zero-order chi connectivity index (χ0) is 19.3. The van der Waals surface area contributed by atoms with Gasteiger partial charge in [-0.25, -0.2) is 4.79 Å². The number of aromatic hydroxyl groups is 1. The lowest BCUT2D eigenvalue weighted by Gasteiger charge is -2.32. The fraction of sp³-hybridized carbons (Fsp3) is 0.545. The molecule has 6 heteroatoms. The first-order chi connectivity index (χ1) is 13.6. The molecule has 1 aromatic heterocycles. The molecule has 1 N–H and O–H groups in total. The van der Waals surface area contributed by atoms with Crippen molar-refractivity contribution in [2.24, 2.45) is 5.92 Å². The van der Waals surface area contributed by atoms with Gasteiger partial charge in [0.15, 0.2) is 0 Å². The molecule has 2 heterocycles. The van der Waals surface area contributed by atoms with Crippen LogP contribution in [-0.4, -0.2) is 31.6 Å². The van der Waals surface area contributed by atoms with Crippen molar-refractivity contribution < 1.29 is 9.90 Å². The largest absolute Gasteiger partial charge is 0.493 e. The molecule has 2 fully saturated rings. The van der Waals surface area contributed by atoms with Gasteiger partial charge in [-0.05, 0) is 24.8 Å². The Morgan fingerprint density at radius 1 is 1.04 bits per heavy atom. The van der Waals surface area contributed by atoms with Crippen LogP contribution in [0.2, 0.25) is 0 Å². The Kier molecular flexibility index (Phi) is 4.29. The number of imidazole rings is 1. The number of amides is 1. The number of carbonyl (C=O) groups is 1. The van der Waals surface area contributed by atoms with Crippen LogP contribution in [-0.2, 0) is 17.9 Å². The van der Waals surface area contributed by atoms with Gasteiger partial charge in [0, 0.05) is 31.0 Å². The average Bonchev–Trinajstić information content (AvgIpc) is 3.49. The second kappa shape index (κ2) is 6.83. The van der Waals surface area contributed by atoms with Gasteiger partial charge in [0.1, 0.15) is 5.69 Å². The number of fused-ring (bicyclic) bond motifs is 1. The van der Waals surface area contributed by atoms with E-state index in [1.54, 1.807) is 9.13 Å². The molecule has 0 unspecified atom stereocenters. The van der Waals surface area contributed by atoms with Crippen LogP contribution in [0.3, 0.4) is 0 Å². The lowest BCUT2D eigenvalue weighted by atomic mass is 9.88. The lowest BCUT2D eigenvalue weighted by molar-refractivity contribution is -0.138. The van der Waals surface area contributed by atoms with E-state index in [1.165, 1.54) is 12.0 Å². The van der Waals surface area contributed by atoms with E-state index in [2.05, 4.69) is 12.1 Å². The smallest absolute Gasteiger partial charge is 0.331 e. The van der Waals surface area contributed by atoms with Gasteiger partial charge < -0.3 is 10.0 Å². The van der Waals surface area contributed by atoms with E-state index < -0.39 is 0 Å². The molecular weight excluding hydrogens is 354 g/mol. The normalized spacial score (nSPS) is 24.8. The van der Waals surface area contributed by atoms with Crippen LogP contribution in [0.25, 0.3) is 0 Å². The first-order valence-corrected chi connectivity index (χ1v) is 10.5. The van der Waals surface area contributed by atoms with Gasteiger partial charge in [0.25, 0.3) is 0 Å². The third kappa shape index (κ3) is 2.86. The molecule has 3 aliphatic rings. The number of nitrogens with zero attached hydrogens (tertiary/aromatic N) is 3. The molecule has 1 aromatic carbocycles. The van der Waals surface area contributed by atoms with Crippen molar-refractivity contribution in [1.82, 2.24) is 14.0 Å². The molecule has 2 atom stereocenters. The summed E-state index contributed by atoms with van der Waals surface area (Å²) in [5.74, 6) is 0.630. The minimum atomic E-state index is -0.138. The Hall–Kier alpha value is -2.50. The highest BCUT2D eigenvalue weighted by Gasteiger charge is 2.44. The maximum Gasteiger partial charge on any atom is 0.331 e. The first kappa shape index (κ1) is 17.6. The van der Waals surface area contributed by atoms with Crippen LogP contribution in [0.15, 0.2) is 35.1 Å². The van der Waals surface area contributed by atoms with Gasteiger partial charge in [-0.15, -0.1) is 0 Å². The summed E-state index contributed by atoms with van der Waals surface area (Å²) >= 11 is 0. The van der Waals surface area contributed by atoms with Crippen LogP contribution in [0.4, 0.5) is 0 Å². The van der Waals surface area contributed by atoms with Crippen molar-refractivity contribution in [1.29, 1.82) is 0 Å². The molecule has 28 heavy (non-hydrogen) atoms. The summed E-state index contributed by atoms with van der Waals surface area (Å²) in [5.41, 5.74) is 1.66. The second-order valence-corrected chi connectivity index (χ2v) is 8.49. The number of benzene rings is 1. The Balaban J connectivity index is 1.38. The molecule has 1 aliphatic heterocycles. The fourth-order valence-electron chi connectivity index (χ4n) is 5.08. The number of carbonyl (C=O) groups excluding carboxylic acids is 1. The van der Waals surface area contributed by atoms with Crippen LogP contribution in [0.5, 0.6) is 5.88 Å². The molecule has 0 spiro atoms. The van der Waals surface area contributed by atoms with Crippen molar-refractivity contribution in [3.05, 3.63) is 52.1 Å². The minimum absolute atomic E-state index is 0.00972. The fourth-order valence-corrected chi connectivity index (χ4v) is 5.08. The Morgan fingerprint density at radius 3 is 2.54 bits per heavy atom. The van der Waals surface area contributed by atoms with E-state index in [0.29, 0.717) is 25.3 Å². The van der Waals surface area contributed by atoms with Gasteiger partial charge >= 0.3 is 5.69 Å². The topological polar surface area (TPSA) is 67.5 Å². The summed E-state index contributed by atoms with van der Waals surface area (Å²) < 4.78 is 3.22.